The van der Waals surface area contributed by atoms with Gasteiger partial charge in [0.1, 0.15) is 12.4 Å². The van der Waals surface area contributed by atoms with Crippen LogP contribution in [0.1, 0.15) is 38.9 Å². The van der Waals surface area contributed by atoms with Gasteiger partial charge in [-0.25, -0.2) is 4.39 Å². The standard InChI is InChI=1S/C30H36ClFN4O7/c31-21-5-3-4-20(16-21)25(17-27(34)38)36-30(39)23-18-35-29(28(23)22-6-1-2-7-24(22)32)26(37)19-43-15-14-42-13-12-41-11-10-40-9-8-33/h1-7,16,18,25,35H,8-15,17,19,33H2,(H2,34,38)(H,36,39)/t25-/m0/s1. The van der Waals surface area contributed by atoms with Gasteiger partial charge in [0.05, 0.1) is 70.0 Å². The van der Waals surface area contributed by atoms with E-state index in [0.717, 1.165) is 0 Å². The van der Waals surface area contributed by atoms with E-state index in [4.69, 9.17) is 42.0 Å². The molecule has 1 atom stereocenters. The molecule has 1 aromatic heterocycles. The third-order valence-electron chi connectivity index (χ3n) is 6.12. The van der Waals surface area contributed by atoms with E-state index in [0.29, 0.717) is 50.2 Å². The number of aromatic amines is 1. The van der Waals surface area contributed by atoms with Crippen LogP contribution in [0.15, 0.2) is 54.7 Å². The fraction of sp³-hybridized carbons (Fsp3) is 0.367. The van der Waals surface area contributed by atoms with Crippen molar-refractivity contribution in [3.05, 3.63) is 82.4 Å². The third kappa shape index (κ3) is 10.8. The molecular weight excluding hydrogens is 583 g/mol. The molecule has 232 valence electrons. The average Bonchev–Trinajstić information content (AvgIpc) is 3.42. The van der Waals surface area contributed by atoms with Crippen molar-refractivity contribution in [2.75, 3.05) is 59.4 Å². The number of ether oxygens (including phenoxy) is 4. The number of carbonyl (C=O) groups excluding carboxylic acids is 3. The van der Waals surface area contributed by atoms with Crippen molar-refractivity contribution in [3.8, 4) is 11.1 Å². The minimum absolute atomic E-state index is 0.00158. The number of hydrogen-bond acceptors (Lipinski definition) is 8. The van der Waals surface area contributed by atoms with Crippen molar-refractivity contribution < 1.29 is 37.7 Å². The Morgan fingerprint density at radius 1 is 0.907 bits per heavy atom. The number of primary amides is 1. The molecule has 0 aliphatic carbocycles. The molecular formula is C30H36ClFN4O7. The predicted octanol–water partition coefficient (Wildman–Crippen LogP) is 3.03. The molecule has 0 aliphatic heterocycles. The first-order chi connectivity index (χ1) is 20.8. The monoisotopic (exact) mass is 618 g/mol. The number of rotatable bonds is 20. The predicted molar refractivity (Wildman–Crippen MR) is 158 cm³/mol. The van der Waals surface area contributed by atoms with E-state index in [1.165, 1.54) is 24.4 Å². The first kappa shape index (κ1) is 33.8. The second-order valence-corrected chi connectivity index (χ2v) is 9.72. The fourth-order valence-corrected chi connectivity index (χ4v) is 4.36. The van der Waals surface area contributed by atoms with Crippen LogP contribution in [-0.2, 0) is 23.7 Å². The maximum Gasteiger partial charge on any atom is 0.253 e. The topological polar surface area (TPSA) is 168 Å². The number of halogens is 2. The van der Waals surface area contributed by atoms with Crippen LogP contribution in [0.25, 0.3) is 11.1 Å². The maximum atomic E-state index is 14.9. The lowest BCUT2D eigenvalue weighted by Gasteiger charge is -2.18. The van der Waals surface area contributed by atoms with Gasteiger partial charge in [-0.15, -0.1) is 0 Å². The van der Waals surface area contributed by atoms with Crippen molar-refractivity contribution in [2.24, 2.45) is 11.5 Å². The molecule has 1 heterocycles. The third-order valence-corrected chi connectivity index (χ3v) is 6.35. The Bertz CT molecular complexity index is 1350. The molecule has 0 fully saturated rings. The Hall–Kier alpha value is -3.65. The number of aromatic nitrogens is 1. The summed E-state index contributed by atoms with van der Waals surface area (Å²) in [4.78, 5) is 41.2. The van der Waals surface area contributed by atoms with Crippen molar-refractivity contribution in [2.45, 2.75) is 12.5 Å². The van der Waals surface area contributed by atoms with Crippen LogP contribution in [0.5, 0.6) is 0 Å². The lowest BCUT2D eigenvalue weighted by atomic mass is 9.97. The van der Waals surface area contributed by atoms with Gasteiger partial charge >= 0.3 is 0 Å². The first-order valence-electron chi connectivity index (χ1n) is 13.7. The Labute approximate surface area is 254 Å². The van der Waals surface area contributed by atoms with E-state index in [1.807, 2.05) is 0 Å². The highest BCUT2D eigenvalue weighted by Gasteiger charge is 2.27. The summed E-state index contributed by atoms with van der Waals surface area (Å²) in [6.45, 7) is 2.56. The van der Waals surface area contributed by atoms with Crippen LogP contribution >= 0.6 is 11.6 Å². The molecule has 0 radical (unpaired) electrons. The van der Waals surface area contributed by atoms with Crippen LogP contribution in [0.3, 0.4) is 0 Å². The lowest BCUT2D eigenvalue weighted by molar-refractivity contribution is -0.118. The van der Waals surface area contributed by atoms with Gasteiger partial charge in [0.15, 0.2) is 0 Å². The number of hydrogen-bond donors (Lipinski definition) is 4. The van der Waals surface area contributed by atoms with Gasteiger partial charge < -0.3 is 40.7 Å². The Morgan fingerprint density at radius 3 is 2.19 bits per heavy atom. The number of H-pyrrole nitrogens is 1. The van der Waals surface area contributed by atoms with Crippen molar-refractivity contribution in [1.82, 2.24) is 10.3 Å². The number of nitrogens with one attached hydrogen (secondary N) is 2. The van der Waals surface area contributed by atoms with Gasteiger partial charge in [-0.05, 0) is 23.8 Å². The van der Waals surface area contributed by atoms with E-state index in [2.05, 4.69) is 10.3 Å². The SMILES string of the molecule is NCCOCCOCCOCCOCC(=O)c1[nH]cc(C(=O)N[C@@H](CC(N)=O)c2cccc(Cl)c2)c1-c1ccccc1F. The van der Waals surface area contributed by atoms with Crippen LogP contribution in [0, 0.1) is 5.82 Å². The number of nitrogens with two attached hydrogens (primary N) is 2. The summed E-state index contributed by atoms with van der Waals surface area (Å²) < 4.78 is 36.4. The molecule has 2 aromatic carbocycles. The number of benzene rings is 2. The zero-order valence-electron chi connectivity index (χ0n) is 23.6. The second kappa shape index (κ2) is 18.1. The lowest BCUT2D eigenvalue weighted by Crippen LogP contribution is -2.32. The van der Waals surface area contributed by atoms with Crippen LogP contribution in [0.4, 0.5) is 4.39 Å². The van der Waals surface area contributed by atoms with E-state index >= 15 is 0 Å². The molecule has 11 nitrogen and oxygen atoms in total. The normalized spacial score (nSPS) is 11.8. The van der Waals surface area contributed by atoms with Gasteiger partial charge in [-0.3, -0.25) is 14.4 Å². The molecule has 3 rings (SSSR count). The van der Waals surface area contributed by atoms with Gasteiger partial charge in [0.25, 0.3) is 5.91 Å². The molecule has 13 heteroatoms. The number of Topliss-reactive ketones (excluding diaryl/α,β-unsaturated/α-hetero) is 1. The van der Waals surface area contributed by atoms with E-state index in [1.54, 1.807) is 30.3 Å². The molecule has 0 saturated carbocycles. The van der Waals surface area contributed by atoms with Crippen LogP contribution in [0.2, 0.25) is 5.02 Å². The largest absolute Gasteiger partial charge is 0.378 e. The Kier molecular flexibility index (Phi) is 14.3. The smallest absolute Gasteiger partial charge is 0.253 e. The highest BCUT2D eigenvalue weighted by molar-refractivity contribution is 6.30. The summed E-state index contributed by atoms with van der Waals surface area (Å²) in [5.41, 5.74) is 11.4. The van der Waals surface area contributed by atoms with Gasteiger partial charge in [0, 0.05) is 28.9 Å². The van der Waals surface area contributed by atoms with Crippen molar-refractivity contribution in [3.63, 3.8) is 0 Å². The summed E-state index contributed by atoms with van der Waals surface area (Å²) in [5, 5.41) is 3.17. The number of carbonyl (C=O) groups is 3. The maximum absolute atomic E-state index is 14.9. The Balaban J connectivity index is 1.65. The van der Waals surface area contributed by atoms with Gasteiger partial charge in [-0.2, -0.15) is 0 Å². The molecule has 2 amide bonds. The zero-order chi connectivity index (χ0) is 31.0. The molecule has 0 bridgehead atoms. The minimum Gasteiger partial charge on any atom is -0.378 e. The summed E-state index contributed by atoms with van der Waals surface area (Å²) in [6, 6.07) is 11.6. The molecule has 3 aromatic rings. The first-order valence-corrected chi connectivity index (χ1v) is 14.0. The summed E-state index contributed by atoms with van der Waals surface area (Å²) in [7, 11) is 0. The molecule has 0 aliphatic rings. The second-order valence-electron chi connectivity index (χ2n) is 9.29. The molecule has 43 heavy (non-hydrogen) atoms. The molecule has 6 N–H and O–H groups in total. The quantitative estimate of drug-likeness (QED) is 0.111. The van der Waals surface area contributed by atoms with Crippen molar-refractivity contribution >= 4 is 29.2 Å². The van der Waals surface area contributed by atoms with Crippen molar-refractivity contribution in [1.29, 1.82) is 0 Å². The molecule has 0 unspecified atom stereocenters. The van der Waals surface area contributed by atoms with E-state index in [-0.39, 0.29) is 48.6 Å². The van der Waals surface area contributed by atoms with Gasteiger partial charge in [-0.1, -0.05) is 41.9 Å². The van der Waals surface area contributed by atoms with Crippen LogP contribution in [-0.4, -0.2) is 82.0 Å². The summed E-state index contributed by atoms with van der Waals surface area (Å²) in [6.07, 6.45) is 1.11. The van der Waals surface area contributed by atoms with Crippen LogP contribution < -0.4 is 16.8 Å². The highest BCUT2D eigenvalue weighted by Crippen LogP contribution is 2.31. The zero-order valence-corrected chi connectivity index (χ0v) is 24.4. The van der Waals surface area contributed by atoms with E-state index < -0.39 is 29.5 Å². The minimum atomic E-state index is -0.815. The number of ketones is 1. The Morgan fingerprint density at radius 2 is 1.56 bits per heavy atom. The summed E-state index contributed by atoms with van der Waals surface area (Å²) in [5.74, 6) is -2.42. The summed E-state index contributed by atoms with van der Waals surface area (Å²) >= 11 is 6.10. The highest BCUT2D eigenvalue weighted by atomic mass is 35.5. The van der Waals surface area contributed by atoms with E-state index in [9.17, 15) is 18.8 Å². The fourth-order valence-electron chi connectivity index (χ4n) is 4.16. The number of amides is 2. The molecule has 0 spiro atoms. The molecule has 0 saturated heterocycles. The average molecular weight is 619 g/mol. The van der Waals surface area contributed by atoms with Gasteiger partial charge in [0.2, 0.25) is 11.7 Å².